The van der Waals surface area contributed by atoms with E-state index >= 15 is 0 Å². The minimum absolute atomic E-state index is 0.0665. The van der Waals surface area contributed by atoms with Gasteiger partial charge in [0.2, 0.25) is 5.91 Å². The van der Waals surface area contributed by atoms with Crippen LogP contribution in [0.25, 0.3) is 0 Å². The second-order valence-corrected chi connectivity index (χ2v) is 9.62. The third kappa shape index (κ3) is 7.87. The molecule has 0 spiro atoms. The number of rotatable bonds is 12. The van der Waals surface area contributed by atoms with Gasteiger partial charge in [-0.15, -0.1) is 0 Å². The van der Waals surface area contributed by atoms with Gasteiger partial charge in [-0.2, -0.15) is 8.42 Å². The number of hydrogen-bond donors (Lipinski definition) is 1. The van der Waals surface area contributed by atoms with Crippen LogP contribution in [0.4, 0.5) is 8.78 Å². The molecule has 0 aliphatic rings. The fraction of sp³-hybridized carbons (Fsp3) is 0.269. The Morgan fingerprint density at radius 3 is 2.11 bits per heavy atom. The van der Waals surface area contributed by atoms with Crippen molar-refractivity contribution in [1.29, 1.82) is 0 Å². The number of carbonyl (C=O) groups excluding carboxylic acids is 1. The second kappa shape index (κ2) is 12.4. The van der Waals surface area contributed by atoms with Crippen LogP contribution in [-0.2, 0) is 28.0 Å². The molecule has 6 nitrogen and oxygen atoms in total. The molecule has 0 heterocycles. The molecule has 3 aromatic carbocycles. The molecule has 186 valence electrons. The SMILES string of the molecule is NCCCCCC(=O)N(Cc1ccc(F)cc1)Cc1ccccc1OS(=O)(=O)c1ccc(F)cc1. The van der Waals surface area contributed by atoms with Gasteiger partial charge < -0.3 is 14.8 Å². The molecular formula is C26H28F2N2O4S. The van der Waals surface area contributed by atoms with Gasteiger partial charge in [0, 0.05) is 25.1 Å². The van der Waals surface area contributed by atoms with Crippen molar-refractivity contribution in [2.24, 2.45) is 5.73 Å². The molecule has 0 aliphatic heterocycles. The molecule has 35 heavy (non-hydrogen) atoms. The van der Waals surface area contributed by atoms with E-state index in [2.05, 4.69) is 0 Å². The van der Waals surface area contributed by atoms with Crippen molar-refractivity contribution in [3.8, 4) is 5.75 Å². The smallest absolute Gasteiger partial charge is 0.339 e. The molecule has 0 atom stereocenters. The number of nitrogens with two attached hydrogens (primary N) is 1. The summed E-state index contributed by atoms with van der Waals surface area (Å²) >= 11 is 0. The summed E-state index contributed by atoms with van der Waals surface area (Å²) in [5, 5.41) is 0. The Morgan fingerprint density at radius 1 is 0.829 bits per heavy atom. The Labute approximate surface area is 204 Å². The Kier molecular flexibility index (Phi) is 9.33. The van der Waals surface area contributed by atoms with E-state index in [0.29, 0.717) is 24.9 Å². The highest BCUT2D eigenvalue weighted by atomic mass is 32.2. The fourth-order valence-electron chi connectivity index (χ4n) is 3.49. The summed E-state index contributed by atoms with van der Waals surface area (Å²) in [6, 6.07) is 16.7. The fourth-order valence-corrected chi connectivity index (χ4v) is 4.45. The number of carbonyl (C=O) groups is 1. The minimum atomic E-state index is -4.22. The standard InChI is InChI=1S/C26H28F2N2O4S/c27-22-11-9-20(10-12-22)18-30(26(31)8-2-1-5-17-29)19-21-6-3-4-7-25(21)34-35(32,33)24-15-13-23(28)14-16-24/h3-4,6-7,9-16H,1-2,5,8,17-19,29H2. The van der Waals surface area contributed by atoms with E-state index in [-0.39, 0.29) is 35.5 Å². The molecule has 2 N–H and O–H groups in total. The molecule has 0 saturated heterocycles. The Bertz CT molecular complexity index is 1220. The monoisotopic (exact) mass is 502 g/mol. The van der Waals surface area contributed by atoms with Gasteiger partial charge >= 0.3 is 10.1 Å². The molecule has 3 aromatic rings. The van der Waals surface area contributed by atoms with Gasteiger partial charge in [-0.3, -0.25) is 4.79 Å². The van der Waals surface area contributed by atoms with E-state index in [4.69, 9.17) is 9.92 Å². The maximum absolute atomic E-state index is 13.4. The minimum Gasteiger partial charge on any atom is -0.379 e. The van der Waals surface area contributed by atoms with Gasteiger partial charge in [0.15, 0.2) is 0 Å². The number of benzene rings is 3. The van der Waals surface area contributed by atoms with Gasteiger partial charge in [0.05, 0.1) is 0 Å². The second-order valence-electron chi connectivity index (χ2n) is 8.07. The molecule has 0 fully saturated rings. The number of amides is 1. The van der Waals surface area contributed by atoms with Crippen LogP contribution in [0.5, 0.6) is 5.75 Å². The number of unbranched alkanes of at least 4 members (excludes halogenated alkanes) is 2. The highest BCUT2D eigenvalue weighted by Gasteiger charge is 2.21. The van der Waals surface area contributed by atoms with E-state index in [9.17, 15) is 22.0 Å². The molecule has 0 saturated carbocycles. The first kappa shape index (κ1) is 26.3. The summed E-state index contributed by atoms with van der Waals surface area (Å²) in [6.45, 7) is 0.859. The highest BCUT2D eigenvalue weighted by molar-refractivity contribution is 7.87. The zero-order valence-electron chi connectivity index (χ0n) is 19.2. The largest absolute Gasteiger partial charge is 0.379 e. The average Bonchev–Trinajstić information content (AvgIpc) is 2.84. The summed E-state index contributed by atoms with van der Waals surface area (Å²) < 4.78 is 57.4. The van der Waals surface area contributed by atoms with E-state index in [1.54, 1.807) is 35.2 Å². The molecule has 0 unspecified atom stereocenters. The summed E-state index contributed by atoms with van der Waals surface area (Å²) in [7, 11) is -4.22. The van der Waals surface area contributed by atoms with E-state index in [1.807, 2.05) is 0 Å². The molecule has 0 aromatic heterocycles. The molecule has 0 aliphatic carbocycles. The van der Waals surface area contributed by atoms with E-state index in [1.165, 1.54) is 18.2 Å². The normalized spacial score (nSPS) is 11.3. The lowest BCUT2D eigenvalue weighted by Crippen LogP contribution is -2.30. The number of halogens is 2. The van der Waals surface area contributed by atoms with Gasteiger partial charge in [0.1, 0.15) is 22.3 Å². The lowest BCUT2D eigenvalue weighted by Gasteiger charge is -2.24. The van der Waals surface area contributed by atoms with Crippen LogP contribution in [0.3, 0.4) is 0 Å². The van der Waals surface area contributed by atoms with Crippen molar-refractivity contribution in [2.45, 2.75) is 43.7 Å². The van der Waals surface area contributed by atoms with Crippen LogP contribution in [0.1, 0.15) is 36.8 Å². The first-order valence-electron chi connectivity index (χ1n) is 11.3. The van der Waals surface area contributed by atoms with Crippen molar-refractivity contribution in [1.82, 2.24) is 4.90 Å². The summed E-state index contributed by atoms with van der Waals surface area (Å²) in [5.41, 5.74) is 6.75. The summed E-state index contributed by atoms with van der Waals surface area (Å²) in [4.78, 5) is 14.5. The predicted octanol–water partition coefficient (Wildman–Crippen LogP) is 4.78. The highest BCUT2D eigenvalue weighted by Crippen LogP contribution is 2.26. The van der Waals surface area contributed by atoms with E-state index in [0.717, 1.165) is 42.7 Å². The van der Waals surface area contributed by atoms with Crippen molar-refractivity contribution >= 4 is 16.0 Å². The zero-order valence-corrected chi connectivity index (χ0v) is 20.0. The molecule has 3 rings (SSSR count). The van der Waals surface area contributed by atoms with Crippen LogP contribution in [0.2, 0.25) is 0 Å². The third-order valence-corrected chi connectivity index (χ3v) is 6.62. The van der Waals surface area contributed by atoms with Crippen molar-refractivity contribution < 1.29 is 26.2 Å². The van der Waals surface area contributed by atoms with Crippen LogP contribution < -0.4 is 9.92 Å². The van der Waals surface area contributed by atoms with Crippen LogP contribution in [0, 0.1) is 11.6 Å². The van der Waals surface area contributed by atoms with Gasteiger partial charge in [0.25, 0.3) is 0 Å². The molecule has 0 bridgehead atoms. The van der Waals surface area contributed by atoms with Gasteiger partial charge in [-0.25, -0.2) is 8.78 Å². The number of para-hydroxylation sites is 1. The maximum atomic E-state index is 13.4. The third-order valence-electron chi connectivity index (χ3n) is 5.37. The first-order valence-corrected chi connectivity index (χ1v) is 12.7. The molecular weight excluding hydrogens is 474 g/mol. The quantitative estimate of drug-likeness (QED) is 0.284. The van der Waals surface area contributed by atoms with Gasteiger partial charge in [-0.1, -0.05) is 36.8 Å². The Balaban J connectivity index is 1.82. The number of nitrogens with zero attached hydrogens (tertiary/aromatic N) is 1. The van der Waals surface area contributed by atoms with Crippen molar-refractivity contribution in [2.75, 3.05) is 6.54 Å². The van der Waals surface area contributed by atoms with Crippen molar-refractivity contribution in [3.63, 3.8) is 0 Å². The Hall–Kier alpha value is -3.30. The van der Waals surface area contributed by atoms with Crippen LogP contribution in [-0.4, -0.2) is 25.8 Å². The van der Waals surface area contributed by atoms with Crippen LogP contribution >= 0.6 is 0 Å². The average molecular weight is 503 g/mol. The zero-order chi connectivity index (χ0) is 25.3. The lowest BCUT2D eigenvalue weighted by molar-refractivity contribution is -0.132. The lowest BCUT2D eigenvalue weighted by atomic mass is 10.1. The summed E-state index contributed by atoms with van der Waals surface area (Å²) in [6.07, 6.45) is 2.62. The Morgan fingerprint density at radius 2 is 1.46 bits per heavy atom. The van der Waals surface area contributed by atoms with E-state index < -0.39 is 15.9 Å². The predicted molar refractivity (Wildman–Crippen MR) is 129 cm³/mol. The number of hydrogen-bond acceptors (Lipinski definition) is 5. The first-order chi connectivity index (χ1) is 16.8. The van der Waals surface area contributed by atoms with Crippen molar-refractivity contribution in [3.05, 3.63) is 95.6 Å². The molecule has 1 amide bonds. The topological polar surface area (TPSA) is 89.7 Å². The van der Waals surface area contributed by atoms with Gasteiger partial charge in [-0.05, 0) is 67.4 Å². The maximum Gasteiger partial charge on any atom is 0.339 e. The summed E-state index contributed by atoms with van der Waals surface area (Å²) in [5.74, 6) is -0.997. The molecule has 0 radical (unpaired) electrons. The van der Waals surface area contributed by atoms with Crippen LogP contribution in [0.15, 0.2) is 77.7 Å². The molecule has 9 heteroatoms.